The third-order valence-corrected chi connectivity index (χ3v) is 10.9. The molecule has 0 aliphatic carbocycles. The summed E-state index contributed by atoms with van der Waals surface area (Å²) in [5, 5.41) is 8.37. The van der Waals surface area contributed by atoms with Crippen molar-refractivity contribution in [3.63, 3.8) is 0 Å². The highest BCUT2D eigenvalue weighted by atomic mass is 19.1. The first kappa shape index (κ1) is 34.0. The Morgan fingerprint density at radius 3 is 2.28 bits per heavy atom. The third kappa shape index (κ3) is 7.36. The summed E-state index contributed by atoms with van der Waals surface area (Å²) in [5.41, 5.74) is 0.337. The molecule has 2 aromatic rings. The number of imide groups is 2. The van der Waals surface area contributed by atoms with Crippen molar-refractivity contribution in [2.24, 2.45) is 17.8 Å². The van der Waals surface area contributed by atoms with E-state index < -0.39 is 35.5 Å². The number of hydrogen-bond acceptors (Lipinski definition) is 10. The summed E-state index contributed by atoms with van der Waals surface area (Å²) in [6.45, 7) is 6.60. The summed E-state index contributed by atoms with van der Waals surface area (Å²) in [6, 6.07) is 5.12. The van der Waals surface area contributed by atoms with Crippen LogP contribution in [0.1, 0.15) is 72.1 Å². The predicted octanol–water partition coefficient (Wildman–Crippen LogP) is 2.57. The smallest absolute Gasteiger partial charge is 0.262 e. The number of anilines is 2. The van der Waals surface area contributed by atoms with Gasteiger partial charge >= 0.3 is 0 Å². The first-order valence-corrected chi connectivity index (χ1v) is 17.9. The fourth-order valence-corrected chi connectivity index (χ4v) is 7.84. The van der Waals surface area contributed by atoms with E-state index in [1.165, 1.54) is 6.07 Å². The number of carbonyl (C=O) groups excluding carboxylic acids is 5. The van der Waals surface area contributed by atoms with Gasteiger partial charge in [-0.3, -0.25) is 34.2 Å². The van der Waals surface area contributed by atoms with E-state index >= 15 is 4.39 Å². The number of benzene rings is 1. The second-order valence-electron chi connectivity index (χ2n) is 14.2. The topological polar surface area (TPSA) is 153 Å². The van der Waals surface area contributed by atoms with Crippen LogP contribution in [0.15, 0.2) is 30.5 Å². The summed E-state index contributed by atoms with van der Waals surface area (Å²) >= 11 is 0. The van der Waals surface area contributed by atoms with Gasteiger partial charge in [0, 0.05) is 32.0 Å². The van der Waals surface area contributed by atoms with Crippen molar-refractivity contribution in [3.05, 3.63) is 47.4 Å². The zero-order valence-corrected chi connectivity index (χ0v) is 28.1. The van der Waals surface area contributed by atoms with E-state index in [0.717, 1.165) is 82.2 Å². The van der Waals surface area contributed by atoms with Gasteiger partial charge in [0.1, 0.15) is 23.4 Å². The Morgan fingerprint density at radius 1 is 0.900 bits per heavy atom. The Balaban J connectivity index is 0.841. The molecule has 266 valence electrons. The second-order valence-corrected chi connectivity index (χ2v) is 14.2. The number of fused-ring (bicyclic) bond motifs is 1. The van der Waals surface area contributed by atoms with Gasteiger partial charge in [0.2, 0.25) is 17.7 Å². The molecule has 3 N–H and O–H groups in total. The van der Waals surface area contributed by atoms with Crippen molar-refractivity contribution in [1.82, 2.24) is 25.4 Å². The number of pyridine rings is 1. The second kappa shape index (κ2) is 14.8. The van der Waals surface area contributed by atoms with Gasteiger partial charge in [-0.25, -0.2) is 9.37 Å². The maximum Gasteiger partial charge on any atom is 0.262 e. The molecule has 50 heavy (non-hydrogen) atoms. The SMILES string of the molecule is O=C1CCC(N2C(=O)c3cc(F)c(N4CCC(CN5CCC(COc6ccc(NC(=O)C7CCNCC7)nc6)CC5)CC4)cc3C2=O)C(=O)N1. The standard InChI is InChI=1S/C36H44FN7O6/c37-28-17-26-27(36(49)44(35(26)48)29-2-4-32(45)41-34(29)47)18-30(28)43-15-9-22(10-16-43)20-42-13-7-23(8-14-42)21-50-25-1-3-31(39-19-25)40-33(46)24-5-11-38-12-6-24/h1,3,17-19,22-24,29,38H,2,4-16,20-21H2,(H,39,40,46)(H,41,45,47). The minimum absolute atomic E-state index is 0.0241. The summed E-state index contributed by atoms with van der Waals surface area (Å²) in [6.07, 6.45) is 7.29. The molecule has 4 fully saturated rings. The van der Waals surface area contributed by atoms with Gasteiger partial charge in [0.05, 0.1) is 29.6 Å². The molecule has 13 nitrogen and oxygen atoms in total. The van der Waals surface area contributed by atoms with Gasteiger partial charge in [0.15, 0.2) is 0 Å². The molecule has 1 atom stereocenters. The highest BCUT2D eigenvalue weighted by Gasteiger charge is 2.45. The number of nitrogens with zero attached hydrogens (tertiary/aromatic N) is 4. The third-order valence-electron chi connectivity index (χ3n) is 10.9. The zero-order chi connectivity index (χ0) is 34.8. The van der Waals surface area contributed by atoms with Gasteiger partial charge in [0.25, 0.3) is 11.8 Å². The van der Waals surface area contributed by atoms with E-state index in [9.17, 15) is 24.0 Å². The number of aromatic nitrogens is 1. The van der Waals surface area contributed by atoms with Crippen molar-refractivity contribution in [1.29, 1.82) is 0 Å². The van der Waals surface area contributed by atoms with Crippen LogP contribution in [0.2, 0.25) is 0 Å². The van der Waals surface area contributed by atoms with Crippen molar-refractivity contribution in [2.75, 3.05) is 62.6 Å². The van der Waals surface area contributed by atoms with Crippen LogP contribution in [0.4, 0.5) is 15.9 Å². The molecule has 7 rings (SSSR count). The number of carbonyl (C=O) groups is 5. The molecule has 5 aliphatic heterocycles. The maximum atomic E-state index is 15.3. The van der Waals surface area contributed by atoms with Crippen molar-refractivity contribution in [3.8, 4) is 5.75 Å². The molecule has 0 spiro atoms. The molecule has 6 heterocycles. The van der Waals surface area contributed by atoms with Crippen molar-refractivity contribution in [2.45, 2.75) is 57.4 Å². The molecule has 1 aromatic carbocycles. The van der Waals surface area contributed by atoms with Crippen LogP contribution in [0.5, 0.6) is 5.75 Å². The van der Waals surface area contributed by atoms with Crippen LogP contribution >= 0.6 is 0 Å². The van der Waals surface area contributed by atoms with Crippen molar-refractivity contribution < 1.29 is 33.1 Å². The van der Waals surface area contributed by atoms with Gasteiger partial charge in [-0.1, -0.05) is 0 Å². The minimum Gasteiger partial charge on any atom is -0.492 e. The Labute approximate surface area is 290 Å². The molecule has 0 saturated carbocycles. The number of likely N-dealkylation sites (tertiary alicyclic amines) is 1. The van der Waals surface area contributed by atoms with Crippen LogP contribution in [-0.2, 0) is 14.4 Å². The Bertz CT molecular complexity index is 1630. The van der Waals surface area contributed by atoms with E-state index in [1.807, 2.05) is 11.0 Å². The van der Waals surface area contributed by atoms with E-state index in [4.69, 9.17) is 4.74 Å². The number of piperidine rings is 4. The summed E-state index contributed by atoms with van der Waals surface area (Å²) < 4.78 is 21.4. The predicted molar refractivity (Wildman–Crippen MR) is 181 cm³/mol. The average Bonchev–Trinajstić information content (AvgIpc) is 3.36. The molecule has 0 bridgehead atoms. The van der Waals surface area contributed by atoms with E-state index in [1.54, 1.807) is 12.3 Å². The van der Waals surface area contributed by atoms with Gasteiger partial charge in [-0.2, -0.15) is 0 Å². The molecular weight excluding hydrogens is 645 g/mol. The fraction of sp³-hybridized carbons (Fsp3) is 0.556. The van der Waals surface area contributed by atoms with Gasteiger partial charge < -0.3 is 25.2 Å². The molecule has 0 radical (unpaired) electrons. The Hall–Kier alpha value is -4.43. The molecule has 4 saturated heterocycles. The monoisotopic (exact) mass is 689 g/mol. The lowest BCUT2D eigenvalue weighted by molar-refractivity contribution is -0.136. The summed E-state index contributed by atoms with van der Waals surface area (Å²) in [7, 11) is 0. The molecule has 5 amide bonds. The highest BCUT2D eigenvalue weighted by molar-refractivity contribution is 6.23. The molecule has 14 heteroatoms. The van der Waals surface area contributed by atoms with E-state index in [-0.39, 0.29) is 35.8 Å². The first-order valence-electron chi connectivity index (χ1n) is 17.9. The number of rotatable bonds is 9. The van der Waals surface area contributed by atoms with E-state index in [2.05, 4.69) is 25.8 Å². The molecule has 5 aliphatic rings. The van der Waals surface area contributed by atoms with Crippen LogP contribution < -0.4 is 25.6 Å². The lowest BCUT2D eigenvalue weighted by atomic mass is 9.92. The number of hydrogen-bond donors (Lipinski definition) is 3. The Kier molecular flexibility index (Phi) is 10.1. The fourth-order valence-electron chi connectivity index (χ4n) is 7.84. The van der Waals surface area contributed by atoms with Crippen LogP contribution in [0, 0.1) is 23.6 Å². The van der Waals surface area contributed by atoms with Crippen LogP contribution in [0.25, 0.3) is 0 Å². The first-order chi connectivity index (χ1) is 24.2. The number of amides is 5. The number of ether oxygens (including phenoxy) is 1. The normalized spacial score (nSPS) is 22.9. The summed E-state index contributed by atoms with van der Waals surface area (Å²) in [5.74, 6) is -0.820. The number of halogens is 1. The quantitative estimate of drug-likeness (QED) is 0.335. The largest absolute Gasteiger partial charge is 0.492 e. The lowest BCUT2D eigenvalue weighted by Gasteiger charge is -2.38. The lowest BCUT2D eigenvalue weighted by Crippen LogP contribution is -2.54. The zero-order valence-electron chi connectivity index (χ0n) is 28.1. The minimum atomic E-state index is -1.08. The Morgan fingerprint density at radius 2 is 1.60 bits per heavy atom. The average molecular weight is 690 g/mol. The van der Waals surface area contributed by atoms with E-state index in [0.29, 0.717) is 48.8 Å². The maximum absolute atomic E-state index is 15.3. The van der Waals surface area contributed by atoms with Gasteiger partial charge in [-0.15, -0.1) is 0 Å². The number of nitrogens with one attached hydrogen (secondary N) is 3. The highest BCUT2D eigenvalue weighted by Crippen LogP contribution is 2.34. The molecular formula is C36H44FN7O6. The van der Waals surface area contributed by atoms with Crippen LogP contribution in [-0.4, -0.2) is 103 Å². The van der Waals surface area contributed by atoms with Crippen LogP contribution in [0.3, 0.4) is 0 Å². The molecule has 1 aromatic heterocycles. The molecule has 1 unspecified atom stereocenters. The van der Waals surface area contributed by atoms with Gasteiger partial charge in [-0.05, 0) is 107 Å². The van der Waals surface area contributed by atoms with Crippen molar-refractivity contribution >= 4 is 41.0 Å². The summed E-state index contributed by atoms with van der Waals surface area (Å²) in [4.78, 5) is 72.4.